The van der Waals surface area contributed by atoms with Crippen LogP contribution in [0.2, 0.25) is 0 Å². The maximum atomic E-state index is 5.21. The van der Waals surface area contributed by atoms with Crippen molar-refractivity contribution in [1.82, 2.24) is 9.88 Å². The first kappa shape index (κ1) is 13.8. The van der Waals surface area contributed by atoms with Crippen molar-refractivity contribution in [2.45, 2.75) is 13.0 Å². The van der Waals surface area contributed by atoms with Crippen LogP contribution in [0.15, 0.2) is 22.9 Å². The van der Waals surface area contributed by atoms with Crippen LogP contribution < -0.4 is 4.90 Å². The average molecular weight is 314 g/mol. The second-order valence-electron chi connectivity index (χ2n) is 4.69. The smallest absolute Gasteiger partial charge is 0.0615 e. The van der Waals surface area contributed by atoms with Crippen LogP contribution in [0.3, 0.4) is 0 Å². The zero-order chi connectivity index (χ0) is 13.0. The van der Waals surface area contributed by atoms with Crippen molar-refractivity contribution in [3.05, 3.63) is 22.9 Å². The Morgan fingerprint density at radius 2 is 2.06 bits per heavy atom. The molecule has 1 aliphatic rings. The maximum absolute atomic E-state index is 5.21. The molecule has 0 spiro atoms. The zero-order valence-corrected chi connectivity index (χ0v) is 12.6. The first-order valence-corrected chi connectivity index (χ1v) is 7.08. The summed E-state index contributed by atoms with van der Waals surface area (Å²) in [6.45, 7) is 7.28. The minimum Gasteiger partial charge on any atom is -0.383 e. The Kier molecular flexibility index (Phi) is 4.97. The molecular formula is C13H20BrN3O. The fraction of sp³-hybridized carbons (Fsp3) is 0.615. The summed E-state index contributed by atoms with van der Waals surface area (Å²) in [5, 5.41) is 0. The van der Waals surface area contributed by atoms with Gasteiger partial charge in [0.05, 0.1) is 18.5 Å². The lowest BCUT2D eigenvalue weighted by molar-refractivity contribution is 0.0953. The van der Waals surface area contributed by atoms with Crippen molar-refractivity contribution < 1.29 is 4.74 Å². The second kappa shape index (κ2) is 6.50. The first-order valence-electron chi connectivity index (χ1n) is 6.29. The van der Waals surface area contributed by atoms with Gasteiger partial charge >= 0.3 is 0 Å². The van der Waals surface area contributed by atoms with Gasteiger partial charge in [0.1, 0.15) is 0 Å². The second-order valence-corrected chi connectivity index (χ2v) is 5.60. The van der Waals surface area contributed by atoms with Crippen molar-refractivity contribution >= 4 is 21.6 Å². The Balaban J connectivity index is 1.90. The van der Waals surface area contributed by atoms with Gasteiger partial charge in [-0.1, -0.05) is 0 Å². The topological polar surface area (TPSA) is 28.6 Å². The van der Waals surface area contributed by atoms with E-state index in [9.17, 15) is 0 Å². The van der Waals surface area contributed by atoms with Crippen LogP contribution in [0.1, 0.15) is 6.92 Å². The number of methoxy groups -OCH3 is 1. The molecule has 5 heteroatoms. The van der Waals surface area contributed by atoms with Crippen LogP contribution in [0.4, 0.5) is 5.69 Å². The molecule has 0 aliphatic carbocycles. The summed E-state index contributed by atoms with van der Waals surface area (Å²) in [5.74, 6) is 0. The highest BCUT2D eigenvalue weighted by molar-refractivity contribution is 9.10. The van der Waals surface area contributed by atoms with Crippen LogP contribution >= 0.6 is 15.9 Å². The third-order valence-corrected chi connectivity index (χ3v) is 3.83. The van der Waals surface area contributed by atoms with Crippen molar-refractivity contribution in [3.8, 4) is 0 Å². The van der Waals surface area contributed by atoms with Gasteiger partial charge in [0.2, 0.25) is 0 Å². The SMILES string of the molecule is COC[C@H](C)N1CCN(c2cncc(Br)c2)CC1. The number of hydrogen-bond donors (Lipinski definition) is 0. The summed E-state index contributed by atoms with van der Waals surface area (Å²) in [5.41, 5.74) is 1.20. The molecule has 2 heterocycles. The zero-order valence-electron chi connectivity index (χ0n) is 11.0. The standard InChI is InChI=1S/C13H20BrN3O/c1-11(10-18-2)16-3-5-17(6-4-16)13-7-12(14)8-15-9-13/h7-9,11H,3-6,10H2,1-2H3/t11-/m0/s1. The molecule has 0 bridgehead atoms. The van der Waals surface area contributed by atoms with E-state index < -0.39 is 0 Å². The van der Waals surface area contributed by atoms with E-state index in [1.54, 1.807) is 7.11 Å². The predicted octanol–water partition coefficient (Wildman–Crippen LogP) is 2.00. The molecule has 0 unspecified atom stereocenters. The van der Waals surface area contributed by atoms with E-state index in [2.05, 4.69) is 43.7 Å². The Morgan fingerprint density at radius 1 is 1.33 bits per heavy atom. The van der Waals surface area contributed by atoms with E-state index in [-0.39, 0.29) is 0 Å². The van der Waals surface area contributed by atoms with Crippen molar-refractivity contribution in [2.75, 3.05) is 44.8 Å². The van der Waals surface area contributed by atoms with Gasteiger partial charge in [-0.3, -0.25) is 9.88 Å². The fourth-order valence-electron chi connectivity index (χ4n) is 2.34. The van der Waals surface area contributed by atoms with Gasteiger partial charge in [0, 0.05) is 50.0 Å². The molecule has 1 aliphatic heterocycles. The van der Waals surface area contributed by atoms with E-state index in [1.165, 1.54) is 5.69 Å². The Bertz CT molecular complexity index is 380. The molecule has 4 nitrogen and oxygen atoms in total. The molecule has 100 valence electrons. The van der Waals surface area contributed by atoms with E-state index in [1.807, 2.05) is 12.4 Å². The number of anilines is 1. The molecule has 1 fully saturated rings. The minimum absolute atomic E-state index is 0.498. The van der Waals surface area contributed by atoms with Crippen molar-refractivity contribution in [3.63, 3.8) is 0 Å². The molecular weight excluding hydrogens is 294 g/mol. The van der Waals surface area contributed by atoms with Gasteiger partial charge in [-0.05, 0) is 28.9 Å². The van der Waals surface area contributed by atoms with Crippen LogP contribution in [-0.2, 0) is 4.74 Å². The average Bonchev–Trinajstić information content (AvgIpc) is 2.39. The Labute approximate surface area is 117 Å². The summed E-state index contributed by atoms with van der Waals surface area (Å²) in [6, 6.07) is 2.62. The van der Waals surface area contributed by atoms with E-state index in [0.29, 0.717) is 6.04 Å². The molecule has 18 heavy (non-hydrogen) atoms. The molecule has 0 saturated carbocycles. The first-order chi connectivity index (χ1) is 8.70. The Hall–Kier alpha value is -0.650. The normalized spacial score (nSPS) is 18.9. The van der Waals surface area contributed by atoms with Crippen LogP contribution in [-0.4, -0.2) is 55.8 Å². The molecule has 0 N–H and O–H groups in total. The third kappa shape index (κ3) is 3.43. The summed E-state index contributed by atoms with van der Waals surface area (Å²) >= 11 is 3.47. The monoisotopic (exact) mass is 313 g/mol. The van der Waals surface area contributed by atoms with Gasteiger partial charge in [-0.15, -0.1) is 0 Å². The van der Waals surface area contributed by atoms with Crippen LogP contribution in [0.5, 0.6) is 0 Å². The minimum atomic E-state index is 0.498. The van der Waals surface area contributed by atoms with Crippen molar-refractivity contribution in [2.24, 2.45) is 0 Å². The summed E-state index contributed by atoms with van der Waals surface area (Å²) < 4.78 is 6.25. The molecule has 1 saturated heterocycles. The van der Waals surface area contributed by atoms with Gasteiger partial charge < -0.3 is 9.64 Å². The van der Waals surface area contributed by atoms with Gasteiger partial charge in [-0.25, -0.2) is 0 Å². The number of halogens is 1. The maximum Gasteiger partial charge on any atom is 0.0615 e. The summed E-state index contributed by atoms with van der Waals surface area (Å²) in [6.07, 6.45) is 3.75. The van der Waals surface area contributed by atoms with Gasteiger partial charge in [0.25, 0.3) is 0 Å². The molecule has 2 rings (SSSR count). The molecule has 0 radical (unpaired) electrons. The van der Waals surface area contributed by atoms with Crippen LogP contribution in [0.25, 0.3) is 0 Å². The summed E-state index contributed by atoms with van der Waals surface area (Å²) in [7, 11) is 1.76. The lowest BCUT2D eigenvalue weighted by Gasteiger charge is -2.38. The number of ether oxygens (including phenoxy) is 1. The number of nitrogens with zero attached hydrogens (tertiary/aromatic N) is 3. The Morgan fingerprint density at radius 3 is 2.67 bits per heavy atom. The van der Waals surface area contributed by atoms with Crippen LogP contribution in [0, 0.1) is 0 Å². The number of aromatic nitrogens is 1. The van der Waals surface area contributed by atoms with E-state index in [0.717, 1.165) is 37.3 Å². The highest BCUT2D eigenvalue weighted by Crippen LogP contribution is 2.20. The van der Waals surface area contributed by atoms with Gasteiger partial charge in [0.15, 0.2) is 0 Å². The largest absolute Gasteiger partial charge is 0.383 e. The number of rotatable bonds is 4. The lowest BCUT2D eigenvalue weighted by Crippen LogP contribution is -2.50. The van der Waals surface area contributed by atoms with Gasteiger partial charge in [-0.2, -0.15) is 0 Å². The number of pyridine rings is 1. The molecule has 0 aromatic carbocycles. The lowest BCUT2D eigenvalue weighted by atomic mass is 10.2. The predicted molar refractivity (Wildman–Crippen MR) is 77.1 cm³/mol. The number of hydrogen-bond acceptors (Lipinski definition) is 4. The molecule has 0 amide bonds. The molecule has 1 aromatic heterocycles. The van der Waals surface area contributed by atoms with Crippen molar-refractivity contribution in [1.29, 1.82) is 0 Å². The quantitative estimate of drug-likeness (QED) is 0.850. The highest BCUT2D eigenvalue weighted by atomic mass is 79.9. The molecule has 1 aromatic rings. The summed E-state index contributed by atoms with van der Waals surface area (Å²) in [4.78, 5) is 9.08. The molecule has 1 atom stereocenters. The third-order valence-electron chi connectivity index (χ3n) is 3.40. The van der Waals surface area contributed by atoms with E-state index in [4.69, 9.17) is 4.74 Å². The highest BCUT2D eigenvalue weighted by Gasteiger charge is 2.21. The number of piperazine rings is 1. The fourth-order valence-corrected chi connectivity index (χ4v) is 2.69. The van der Waals surface area contributed by atoms with E-state index >= 15 is 0 Å².